The van der Waals surface area contributed by atoms with Crippen LogP contribution in [0.5, 0.6) is 0 Å². The van der Waals surface area contributed by atoms with Gasteiger partial charge in [0.1, 0.15) is 0 Å². The van der Waals surface area contributed by atoms with Crippen molar-refractivity contribution in [2.75, 3.05) is 20.1 Å². The molecule has 0 aromatic heterocycles. The molecule has 2 heteroatoms. The largest absolute Gasteiger partial charge is 0.315 e. The van der Waals surface area contributed by atoms with Crippen LogP contribution in [0.4, 0.5) is 0 Å². The Kier molecular flexibility index (Phi) is 4.71. The number of likely N-dealkylation sites (tertiary alicyclic amines) is 1. The molecule has 0 spiro atoms. The molecule has 3 atom stereocenters. The smallest absolute Gasteiger partial charge is 0.0271 e. The summed E-state index contributed by atoms with van der Waals surface area (Å²) >= 11 is 0. The fraction of sp³-hybridized carbons (Fsp3) is 1.00. The summed E-state index contributed by atoms with van der Waals surface area (Å²) in [6.07, 6.45) is 8.39. The molecule has 18 heavy (non-hydrogen) atoms. The zero-order valence-corrected chi connectivity index (χ0v) is 12.8. The summed E-state index contributed by atoms with van der Waals surface area (Å²) in [5.41, 5.74) is 0.455. The second kappa shape index (κ2) is 5.92. The topological polar surface area (TPSA) is 15.3 Å². The van der Waals surface area contributed by atoms with Gasteiger partial charge < -0.3 is 5.32 Å². The van der Waals surface area contributed by atoms with Gasteiger partial charge in [-0.1, -0.05) is 33.6 Å². The summed E-state index contributed by atoms with van der Waals surface area (Å²) in [5, 5.41) is 3.63. The van der Waals surface area contributed by atoms with Gasteiger partial charge in [-0.25, -0.2) is 0 Å². The van der Waals surface area contributed by atoms with Crippen molar-refractivity contribution in [3.8, 4) is 0 Å². The number of hydrogen-bond donors (Lipinski definition) is 1. The fourth-order valence-electron chi connectivity index (χ4n) is 4.32. The Morgan fingerprint density at radius 3 is 2.67 bits per heavy atom. The van der Waals surface area contributed by atoms with Gasteiger partial charge in [0.05, 0.1) is 0 Å². The molecular weight excluding hydrogens is 220 g/mol. The molecule has 0 amide bonds. The highest BCUT2D eigenvalue weighted by Crippen LogP contribution is 2.38. The van der Waals surface area contributed by atoms with Crippen molar-refractivity contribution in [2.24, 2.45) is 11.3 Å². The highest BCUT2D eigenvalue weighted by atomic mass is 15.2. The molecule has 0 radical (unpaired) electrons. The van der Waals surface area contributed by atoms with Gasteiger partial charge in [-0.05, 0) is 50.6 Å². The first kappa shape index (κ1) is 14.3. The van der Waals surface area contributed by atoms with Gasteiger partial charge in [0.2, 0.25) is 0 Å². The number of likely N-dealkylation sites (N-methyl/N-ethyl adjacent to an activating group) is 1. The van der Waals surface area contributed by atoms with Crippen LogP contribution in [0.2, 0.25) is 0 Å². The van der Waals surface area contributed by atoms with E-state index >= 15 is 0 Å². The molecule has 1 saturated carbocycles. The van der Waals surface area contributed by atoms with Crippen LogP contribution < -0.4 is 5.32 Å². The monoisotopic (exact) mass is 252 g/mol. The number of hydrogen-bond acceptors (Lipinski definition) is 2. The summed E-state index contributed by atoms with van der Waals surface area (Å²) in [7, 11) is 2.16. The Bertz CT molecular complexity index is 262. The molecule has 2 aliphatic rings. The Balaban J connectivity index is 2.05. The second-order valence-electron chi connectivity index (χ2n) is 7.13. The van der Waals surface area contributed by atoms with E-state index in [-0.39, 0.29) is 0 Å². The average Bonchev–Trinajstić information content (AvgIpc) is 2.37. The van der Waals surface area contributed by atoms with Crippen LogP contribution in [0.25, 0.3) is 0 Å². The molecule has 2 rings (SSSR count). The van der Waals surface area contributed by atoms with Gasteiger partial charge in [-0.3, -0.25) is 4.90 Å². The zero-order valence-electron chi connectivity index (χ0n) is 12.8. The lowest BCUT2D eigenvalue weighted by atomic mass is 9.70. The standard InChI is InChI=1S/C16H32N2/c1-5-13-8-7-11-18(12-13)14-9-6-10-16(2,3)15(14)17-4/h13-15,17H,5-12H2,1-4H3. The van der Waals surface area contributed by atoms with Gasteiger partial charge in [-0.2, -0.15) is 0 Å². The van der Waals surface area contributed by atoms with Crippen molar-refractivity contribution in [1.29, 1.82) is 0 Å². The summed E-state index contributed by atoms with van der Waals surface area (Å²) in [6, 6.07) is 1.44. The van der Waals surface area contributed by atoms with Gasteiger partial charge >= 0.3 is 0 Å². The van der Waals surface area contributed by atoms with Crippen LogP contribution in [0.3, 0.4) is 0 Å². The van der Waals surface area contributed by atoms with Crippen molar-refractivity contribution in [2.45, 2.75) is 71.4 Å². The Morgan fingerprint density at radius 2 is 2.00 bits per heavy atom. The molecule has 106 valence electrons. The minimum absolute atomic E-state index is 0.455. The molecule has 3 unspecified atom stereocenters. The molecule has 1 heterocycles. The van der Waals surface area contributed by atoms with E-state index in [9.17, 15) is 0 Å². The third-order valence-electron chi connectivity index (χ3n) is 5.46. The molecular formula is C16H32N2. The molecule has 1 N–H and O–H groups in total. The average molecular weight is 252 g/mol. The third kappa shape index (κ3) is 2.91. The molecule has 1 saturated heterocycles. The predicted molar refractivity (Wildman–Crippen MR) is 78.9 cm³/mol. The first-order valence-corrected chi connectivity index (χ1v) is 7.99. The minimum atomic E-state index is 0.455. The molecule has 0 aromatic rings. The normalized spacial score (nSPS) is 37.7. The van der Waals surface area contributed by atoms with Crippen molar-refractivity contribution in [3.63, 3.8) is 0 Å². The van der Waals surface area contributed by atoms with Crippen molar-refractivity contribution >= 4 is 0 Å². The van der Waals surface area contributed by atoms with E-state index in [0.29, 0.717) is 11.5 Å². The maximum atomic E-state index is 3.63. The second-order valence-corrected chi connectivity index (χ2v) is 7.13. The van der Waals surface area contributed by atoms with E-state index in [1.807, 2.05) is 0 Å². The van der Waals surface area contributed by atoms with Gasteiger partial charge in [0.25, 0.3) is 0 Å². The third-order valence-corrected chi connectivity index (χ3v) is 5.46. The van der Waals surface area contributed by atoms with E-state index < -0.39 is 0 Å². The number of nitrogens with zero attached hydrogens (tertiary/aromatic N) is 1. The van der Waals surface area contributed by atoms with Gasteiger partial charge in [-0.15, -0.1) is 0 Å². The summed E-state index contributed by atoms with van der Waals surface area (Å²) in [4.78, 5) is 2.81. The zero-order chi connectivity index (χ0) is 13.2. The first-order valence-electron chi connectivity index (χ1n) is 7.99. The Morgan fingerprint density at radius 1 is 1.22 bits per heavy atom. The van der Waals surface area contributed by atoms with Crippen LogP contribution in [-0.4, -0.2) is 37.1 Å². The molecule has 0 bridgehead atoms. The molecule has 1 aliphatic carbocycles. The predicted octanol–water partition coefficient (Wildman–Crippen LogP) is 3.28. The summed E-state index contributed by atoms with van der Waals surface area (Å²) < 4.78 is 0. The van der Waals surface area contributed by atoms with Crippen molar-refractivity contribution in [1.82, 2.24) is 10.2 Å². The number of rotatable bonds is 3. The summed E-state index contributed by atoms with van der Waals surface area (Å²) in [6.45, 7) is 9.92. The van der Waals surface area contributed by atoms with Gasteiger partial charge in [0.15, 0.2) is 0 Å². The highest BCUT2D eigenvalue weighted by molar-refractivity contribution is 4.98. The fourth-order valence-corrected chi connectivity index (χ4v) is 4.32. The van der Waals surface area contributed by atoms with Crippen LogP contribution in [0.1, 0.15) is 59.3 Å². The van der Waals surface area contributed by atoms with Gasteiger partial charge in [0, 0.05) is 18.6 Å². The van der Waals surface area contributed by atoms with Crippen LogP contribution >= 0.6 is 0 Å². The SMILES string of the molecule is CCC1CCCN(C2CCCC(C)(C)C2NC)C1. The Hall–Kier alpha value is -0.0800. The maximum Gasteiger partial charge on any atom is 0.0271 e. The highest BCUT2D eigenvalue weighted by Gasteiger charge is 2.41. The van der Waals surface area contributed by atoms with Crippen LogP contribution in [0.15, 0.2) is 0 Å². The van der Waals surface area contributed by atoms with Crippen LogP contribution in [-0.2, 0) is 0 Å². The molecule has 0 aromatic carbocycles. The maximum absolute atomic E-state index is 3.63. The van der Waals surface area contributed by atoms with Crippen molar-refractivity contribution in [3.05, 3.63) is 0 Å². The lowest BCUT2D eigenvalue weighted by molar-refractivity contribution is 0.0265. The summed E-state index contributed by atoms with van der Waals surface area (Å²) in [5.74, 6) is 0.946. The Labute approximate surface area is 114 Å². The first-order chi connectivity index (χ1) is 8.58. The quantitative estimate of drug-likeness (QED) is 0.829. The lowest BCUT2D eigenvalue weighted by Crippen LogP contribution is -2.59. The minimum Gasteiger partial charge on any atom is -0.315 e. The van der Waals surface area contributed by atoms with Crippen molar-refractivity contribution < 1.29 is 0 Å². The van der Waals surface area contributed by atoms with E-state index in [0.717, 1.165) is 12.0 Å². The number of nitrogens with one attached hydrogen (secondary N) is 1. The molecule has 1 aliphatic heterocycles. The molecule has 2 fully saturated rings. The van der Waals surface area contributed by atoms with E-state index in [1.165, 1.54) is 51.6 Å². The lowest BCUT2D eigenvalue weighted by Gasteiger charge is -2.50. The van der Waals surface area contributed by atoms with E-state index in [1.54, 1.807) is 0 Å². The van der Waals surface area contributed by atoms with E-state index in [2.05, 4.69) is 38.0 Å². The van der Waals surface area contributed by atoms with E-state index in [4.69, 9.17) is 0 Å². The molecule has 2 nitrogen and oxygen atoms in total. The van der Waals surface area contributed by atoms with Crippen LogP contribution in [0, 0.1) is 11.3 Å². The number of piperidine rings is 1.